The molecule has 0 radical (unpaired) electrons. The van der Waals surface area contributed by atoms with Crippen LogP contribution < -0.4 is 9.47 Å². The first-order chi connectivity index (χ1) is 22.9. The third kappa shape index (κ3) is 20.7. The molecular formula is C39H40I2O6. The Morgan fingerprint density at radius 2 is 0.979 bits per heavy atom. The van der Waals surface area contributed by atoms with Gasteiger partial charge in [-0.05, 0) is 113 Å². The smallest absolute Gasteiger partial charge is 0.434 e. The van der Waals surface area contributed by atoms with Crippen molar-refractivity contribution in [1.82, 2.24) is 0 Å². The van der Waals surface area contributed by atoms with Gasteiger partial charge >= 0.3 is 12.3 Å². The van der Waals surface area contributed by atoms with Crippen LogP contribution in [-0.2, 0) is 9.47 Å². The Balaban J connectivity index is 0.000000380. The van der Waals surface area contributed by atoms with E-state index in [0.717, 1.165) is 45.9 Å². The van der Waals surface area contributed by atoms with Crippen LogP contribution in [0, 0.1) is 27.8 Å². The lowest BCUT2D eigenvalue weighted by Crippen LogP contribution is -2.11. The van der Waals surface area contributed by atoms with Crippen LogP contribution in [0.15, 0.2) is 109 Å². The molecule has 0 aliphatic carbocycles. The van der Waals surface area contributed by atoms with Gasteiger partial charge in [-0.2, -0.15) is 0 Å². The van der Waals surface area contributed by atoms with Crippen LogP contribution in [0.4, 0.5) is 9.59 Å². The number of hydrogen-bond donors (Lipinski definition) is 0. The summed E-state index contributed by atoms with van der Waals surface area (Å²) < 4.78 is 20.9. The Morgan fingerprint density at radius 1 is 0.596 bits per heavy atom. The minimum absolute atomic E-state index is 0.385. The number of ether oxygens (including phenoxy) is 4. The SMILES string of the molecule is C#Cc1ccccc1.CCCCOC(=O)Oc1ccc(C#Cc2ccccc2)cc1.CCCCOC(=O)Oc1ccc(I)cc1.CI. The standard InChI is InChI=1S/C19H18O3.C11H13IO3.C8H6.CH3I/c1-2-3-15-21-19(20)22-18-13-11-17(12-14-18)10-9-16-7-5-4-6-8-16;1-2-3-8-14-11(13)15-10-6-4-9(12)5-7-10;1-2-8-6-4-3-5-7-8;1-2/h4-8,11-14H,2-3,15H2,1H3;4-7H,2-3,8H2,1H3;1,3-7H;1H3. The number of terminal acetylenes is 1. The van der Waals surface area contributed by atoms with Crippen molar-refractivity contribution in [1.29, 1.82) is 0 Å². The molecule has 0 atom stereocenters. The average Bonchev–Trinajstić information content (AvgIpc) is 3.11. The quantitative estimate of drug-likeness (QED) is 0.0439. The van der Waals surface area contributed by atoms with Crippen molar-refractivity contribution < 1.29 is 28.5 Å². The number of halogens is 2. The van der Waals surface area contributed by atoms with Crippen molar-refractivity contribution in [3.05, 3.63) is 129 Å². The van der Waals surface area contributed by atoms with Gasteiger partial charge in [-0.3, -0.25) is 0 Å². The van der Waals surface area contributed by atoms with Gasteiger partial charge in [-0.25, -0.2) is 9.59 Å². The van der Waals surface area contributed by atoms with Gasteiger partial charge in [0.2, 0.25) is 0 Å². The number of hydrogen-bond acceptors (Lipinski definition) is 6. The monoisotopic (exact) mass is 858 g/mol. The van der Waals surface area contributed by atoms with Crippen molar-refractivity contribution in [2.75, 3.05) is 18.1 Å². The second-order valence-electron chi connectivity index (χ2n) is 9.21. The third-order valence-electron chi connectivity index (χ3n) is 5.57. The molecule has 0 saturated heterocycles. The minimum atomic E-state index is -0.670. The van der Waals surface area contributed by atoms with Gasteiger partial charge in [-0.15, -0.1) is 6.42 Å². The number of unbranched alkanes of at least 4 members (excludes halogenated alkanes) is 2. The van der Waals surface area contributed by atoms with E-state index in [2.05, 4.69) is 62.9 Å². The molecule has 6 nitrogen and oxygen atoms in total. The highest BCUT2D eigenvalue weighted by atomic mass is 127. The molecule has 0 amide bonds. The molecule has 0 bridgehead atoms. The molecule has 0 aromatic heterocycles. The molecule has 8 heteroatoms. The summed E-state index contributed by atoms with van der Waals surface area (Å²) in [6, 6.07) is 33.6. The Labute approximate surface area is 306 Å². The molecule has 0 aliphatic rings. The van der Waals surface area contributed by atoms with E-state index < -0.39 is 12.3 Å². The summed E-state index contributed by atoms with van der Waals surface area (Å²) in [5.74, 6) is 9.62. The lowest BCUT2D eigenvalue weighted by atomic mass is 10.2. The predicted octanol–water partition coefficient (Wildman–Crippen LogP) is 10.7. The van der Waals surface area contributed by atoms with Gasteiger partial charge in [0.05, 0.1) is 13.2 Å². The Bertz CT molecular complexity index is 1510. The Kier molecular flexibility index (Phi) is 23.7. The first-order valence-corrected chi connectivity index (χ1v) is 18.2. The van der Waals surface area contributed by atoms with Crippen molar-refractivity contribution in [2.24, 2.45) is 0 Å². The normalized spacial score (nSPS) is 9.02. The van der Waals surface area contributed by atoms with E-state index >= 15 is 0 Å². The predicted molar refractivity (Wildman–Crippen MR) is 206 cm³/mol. The zero-order valence-electron chi connectivity index (χ0n) is 26.9. The first-order valence-electron chi connectivity index (χ1n) is 14.9. The highest BCUT2D eigenvalue weighted by molar-refractivity contribution is 14.1. The summed E-state index contributed by atoms with van der Waals surface area (Å²) in [6.45, 7) is 4.87. The fourth-order valence-electron chi connectivity index (χ4n) is 3.16. The van der Waals surface area contributed by atoms with Crippen LogP contribution in [-0.4, -0.2) is 30.5 Å². The van der Waals surface area contributed by atoms with Gasteiger partial charge in [0.15, 0.2) is 0 Å². The van der Waals surface area contributed by atoms with Gasteiger partial charge in [0, 0.05) is 20.3 Å². The zero-order valence-corrected chi connectivity index (χ0v) is 31.2. The van der Waals surface area contributed by atoms with Crippen molar-refractivity contribution >= 4 is 57.5 Å². The van der Waals surface area contributed by atoms with Gasteiger partial charge in [0.1, 0.15) is 11.5 Å². The summed E-state index contributed by atoms with van der Waals surface area (Å²) in [5, 5.41) is 0. The minimum Gasteiger partial charge on any atom is -0.434 e. The second-order valence-corrected chi connectivity index (χ2v) is 10.5. The van der Waals surface area contributed by atoms with Crippen LogP contribution in [0.25, 0.3) is 0 Å². The van der Waals surface area contributed by atoms with E-state index in [4.69, 9.17) is 25.4 Å². The molecule has 0 unspecified atom stereocenters. The second kappa shape index (κ2) is 27.1. The van der Waals surface area contributed by atoms with Crippen LogP contribution in [0.1, 0.15) is 56.2 Å². The molecule has 246 valence electrons. The van der Waals surface area contributed by atoms with Crippen molar-refractivity contribution in [3.8, 4) is 35.7 Å². The van der Waals surface area contributed by atoms with Crippen LogP contribution in [0.5, 0.6) is 11.5 Å². The van der Waals surface area contributed by atoms with Crippen LogP contribution in [0.2, 0.25) is 0 Å². The number of rotatable bonds is 8. The van der Waals surface area contributed by atoms with E-state index in [1.165, 1.54) is 0 Å². The Hall–Kier alpha value is -4.00. The molecular weight excluding hydrogens is 818 g/mol. The molecule has 0 heterocycles. The van der Waals surface area contributed by atoms with E-state index in [-0.39, 0.29) is 0 Å². The Morgan fingerprint density at radius 3 is 1.36 bits per heavy atom. The number of benzene rings is 4. The number of carbonyl (C=O) groups is 2. The molecule has 0 saturated carbocycles. The lowest BCUT2D eigenvalue weighted by Gasteiger charge is -2.05. The summed E-state index contributed by atoms with van der Waals surface area (Å²) in [6.07, 6.45) is 7.47. The molecule has 0 spiro atoms. The molecule has 0 aliphatic heterocycles. The maximum Gasteiger partial charge on any atom is 0.513 e. The molecule has 4 aromatic carbocycles. The van der Waals surface area contributed by atoms with E-state index in [9.17, 15) is 9.59 Å². The van der Waals surface area contributed by atoms with Crippen LogP contribution in [0.3, 0.4) is 0 Å². The van der Waals surface area contributed by atoms with Crippen molar-refractivity contribution in [2.45, 2.75) is 39.5 Å². The average molecular weight is 859 g/mol. The van der Waals surface area contributed by atoms with Gasteiger partial charge in [-0.1, -0.05) is 103 Å². The summed E-state index contributed by atoms with van der Waals surface area (Å²) in [5.41, 5.74) is 2.75. The molecule has 0 fully saturated rings. The summed E-state index contributed by atoms with van der Waals surface area (Å²) in [4.78, 5) is 24.5. The highest BCUT2D eigenvalue weighted by Gasteiger charge is 2.06. The van der Waals surface area contributed by atoms with E-state index in [0.29, 0.717) is 24.7 Å². The molecule has 4 rings (SSSR count). The first kappa shape index (κ1) is 41.0. The zero-order chi connectivity index (χ0) is 34.5. The fraction of sp³-hybridized carbons (Fsp3) is 0.231. The van der Waals surface area contributed by atoms with E-state index in [1.807, 2.05) is 104 Å². The highest BCUT2D eigenvalue weighted by Crippen LogP contribution is 2.14. The summed E-state index contributed by atoms with van der Waals surface area (Å²) in [7, 11) is 0. The molecule has 47 heavy (non-hydrogen) atoms. The maximum atomic E-state index is 11.4. The topological polar surface area (TPSA) is 71.1 Å². The third-order valence-corrected chi connectivity index (χ3v) is 6.29. The largest absolute Gasteiger partial charge is 0.513 e. The molecule has 0 N–H and O–H groups in total. The van der Waals surface area contributed by atoms with Crippen molar-refractivity contribution in [3.63, 3.8) is 0 Å². The number of alkyl halides is 1. The number of carbonyl (C=O) groups excluding carboxylic acids is 2. The molecule has 4 aromatic rings. The summed E-state index contributed by atoms with van der Waals surface area (Å²) >= 11 is 4.34. The van der Waals surface area contributed by atoms with E-state index in [1.54, 1.807) is 24.3 Å². The van der Waals surface area contributed by atoms with Gasteiger partial charge < -0.3 is 18.9 Å². The lowest BCUT2D eigenvalue weighted by molar-refractivity contribution is 0.0967. The van der Waals surface area contributed by atoms with Gasteiger partial charge in [0.25, 0.3) is 0 Å². The maximum absolute atomic E-state index is 11.4. The van der Waals surface area contributed by atoms with Crippen LogP contribution >= 0.6 is 45.2 Å². The fourth-order valence-corrected chi connectivity index (χ4v) is 3.52.